The van der Waals surface area contributed by atoms with Crippen LogP contribution in [-0.4, -0.2) is 11.0 Å². The second-order valence-electron chi connectivity index (χ2n) is 0. The van der Waals surface area contributed by atoms with Crippen molar-refractivity contribution in [2.45, 2.75) is 7.43 Å². The summed E-state index contributed by atoms with van der Waals surface area (Å²) < 4.78 is 0. The number of halogens is 2. The van der Waals surface area contributed by atoms with Crippen LogP contribution in [0.25, 0.3) is 0 Å². The summed E-state index contributed by atoms with van der Waals surface area (Å²) in [5, 5.41) is 0. The molecule has 4 heavy (non-hydrogen) atoms. The largest absolute Gasteiger partial charge is 0.269 e. The average molecular weight is 105 g/mol. The zero-order valence-electron chi connectivity index (χ0n) is 0.816. The third-order valence-corrected chi connectivity index (χ3v) is 0. The molecule has 0 fully saturated rings. The van der Waals surface area contributed by atoms with Crippen molar-refractivity contribution >= 4 is 23.4 Å². The predicted octanol–water partition coefficient (Wildman–Crippen LogP) is -0.241. The minimum absolute atomic E-state index is 0. The molecule has 32 valence electrons. The van der Waals surface area contributed by atoms with Crippen LogP contribution in [-0.2, 0) is 0 Å². The minimum Gasteiger partial charge on any atom is -0.269 e. The molecular formula is CH10ClFSi. The van der Waals surface area contributed by atoms with Gasteiger partial charge in [-0.3, -0.25) is 4.70 Å². The van der Waals surface area contributed by atoms with E-state index in [1.807, 2.05) is 0 Å². The maximum absolute atomic E-state index is 0. The highest BCUT2D eigenvalue weighted by Crippen LogP contribution is 0.690. The molecule has 0 bridgehead atoms. The van der Waals surface area contributed by atoms with Crippen LogP contribution in [0.2, 0.25) is 0 Å². The van der Waals surface area contributed by atoms with Gasteiger partial charge in [-0.15, -0.1) is 12.4 Å². The summed E-state index contributed by atoms with van der Waals surface area (Å²) in [6, 6.07) is 0. The fourth-order valence-electron chi connectivity index (χ4n) is 0. The van der Waals surface area contributed by atoms with E-state index in [1.54, 1.807) is 0 Å². The number of hydrogen-bond donors (Lipinski definition) is 0. The Hall–Kier alpha value is 0.437. The highest BCUT2D eigenvalue weighted by Gasteiger charge is -0.0148. The first-order valence-electron chi connectivity index (χ1n) is 0. The van der Waals surface area contributed by atoms with Crippen molar-refractivity contribution in [3.63, 3.8) is 0 Å². The fourth-order valence-corrected chi connectivity index (χ4v) is 0. The molecule has 0 unspecified atom stereocenters. The number of rotatable bonds is 0. The summed E-state index contributed by atoms with van der Waals surface area (Å²) in [6.07, 6.45) is 0. The Morgan fingerprint density at radius 3 is 1.00 bits per heavy atom. The van der Waals surface area contributed by atoms with Gasteiger partial charge in [0.2, 0.25) is 0 Å². The molecule has 0 spiro atoms. The predicted molar refractivity (Wildman–Crippen MR) is 27.8 cm³/mol. The zero-order chi connectivity index (χ0) is 0. The molecule has 0 aliphatic rings. The standard InChI is InChI=1S/CH4.ClH.FH.H4Si/h1H4;2*1H;1H4. The van der Waals surface area contributed by atoms with Crippen molar-refractivity contribution in [3.05, 3.63) is 0 Å². The number of hydrogen-bond acceptors (Lipinski definition) is 0. The van der Waals surface area contributed by atoms with Gasteiger partial charge in [0.25, 0.3) is 0 Å². The molecule has 3 heteroatoms. The first kappa shape index (κ1) is 275. The highest BCUT2D eigenvalue weighted by molar-refractivity contribution is 5.85. The minimum atomic E-state index is 0. The molecule has 0 saturated heterocycles. The van der Waals surface area contributed by atoms with Crippen LogP contribution in [0, 0.1) is 0 Å². The molecule has 0 aromatic carbocycles. The summed E-state index contributed by atoms with van der Waals surface area (Å²) in [6.45, 7) is 0. The lowest BCUT2D eigenvalue weighted by molar-refractivity contribution is 1.11. The van der Waals surface area contributed by atoms with Crippen LogP contribution in [0.1, 0.15) is 7.43 Å². The van der Waals surface area contributed by atoms with Gasteiger partial charge in [-0.1, -0.05) is 7.43 Å². The van der Waals surface area contributed by atoms with E-state index in [0.717, 1.165) is 0 Å². The third-order valence-electron chi connectivity index (χ3n) is 0. The van der Waals surface area contributed by atoms with Gasteiger partial charge >= 0.3 is 0 Å². The first-order chi connectivity index (χ1) is 0. The Balaban J connectivity index is 0. The summed E-state index contributed by atoms with van der Waals surface area (Å²) in [7, 11) is 0. The summed E-state index contributed by atoms with van der Waals surface area (Å²) in [4.78, 5) is 0. The van der Waals surface area contributed by atoms with Gasteiger partial charge in [0.15, 0.2) is 0 Å². The smallest absolute Gasteiger partial charge is 0.0149 e. The fraction of sp³-hybridized carbons (Fsp3) is 1.00. The van der Waals surface area contributed by atoms with Gasteiger partial charge < -0.3 is 0 Å². The van der Waals surface area contributed by atoms with E-state index in [9.17, 15) is 0 Å². The maximum Gasteiger partial charge on any atom is -0.0149 e. The quantitative estimate of drug-likeness (QED) is 0.372. The molecule has 0 rings (SSSR count). The molecule has 0 heterocycles. The van der Waals surface area contributed by atoms with E-state index in [1.165, 1.54) is 0 Å². The molecule has 0 N–H and O–H groups in total. The van der Waals surface area contributed by atoms with Crippen molar-refractivity contribution in [2.24, 2.45) is 0 Å². The lowest BCUT2D eigenvalue weighted by Gasteiger charge is -0.269. The molecule has 0 nitrogen and oxygen atoms in total. The molecular weight excluding hydrogens is 94.5 g/mol. The Bertz CT molecular complexity index is 8.00. The van der Waals surface area contributed by atoms with Crippen molar-refractivity contribution in [2.75, 3.05) is 0 Å². The van der Waals surface area contributed by atoms with Gasteiger partial charge in [-0.05, 0) is 11.0 Å². The monoisotopic (exact) mass is 104 g/mol. The summed E-state index contributed by atoms with van der Waals surface area (Å²) in [5.41, 5.74) is 0. The van der Waals surface area contributed by atoms with Gasteiger partial charge in [0.05, 0.1) is 0 Å². The van der Waals surface area contributed by atoms with Crippen molar-refractivity contribution in [1.29, 1.82) is 0 Å². The average Bonchev–Trinajstić information content (AvgIpc) is 0. The first-order valence-corrected chi connectivity index (χ1v) is 0. The van der Waals surface area contributed by atoms with Crippen molar-refractivity contribution < 1.29 is 4.70 Å². The topological polar surface area (TPSA) is 0 Å². The summed E-state index contributed by atoms with van der Waals surface area (Å²) >= 11 is 0. The van der Waals surface area contributed by atoms with Crippen LogP contribution in [0.5, 0.6) is 0 Å². The van der Waals surface area contributed by atoms with Crippen LogP contribution < -0.4 is 0 Å². The third kappa shape index (κ3) is 26.4. The van der Waals surface area contributed by atoms with E-state index >= 15 is 0 Å². The Morgan fingerprint density at radius 1 is 1.00 bits per heavy atom. The van der Waals surface area contributed by atoms with Gasteiger partial charge in [-0.25, -0.2) is 0 Å². The van der Waals surface area contributed by atoms with E-state index < -0.39 is 0 Å². The molecule has 0 aromatic heterocycles. The lowest BCUT2D eigenvalue weighted by atomic mass is 12.0. The molecule has 0 amide bonds. The molecule has 0 saturated carbocycles. The Kier molecular flexibility index (Phi) is 7340. The molecule has 0 aromatic rings. The lowest BCUT2D eigenvalue weighted by Crippen LogP contribution is -0.381. The van der Waals surface area contributed by atoms with Gasteiger partial charge in [0.1, 0.15) is 0 Å². The highest BCUT2D eigenvalue weighted by atomic mass is 35.5. The van der Waals surface area contributed by atoms with E-state index in [-0.39, 0.29) is 35.5 Å². The van der Waals surface area contributed by atoms with E-state index in [0.29, 0.717) is 0 Å². The van der Waals surface area contributed by atoms with Crippen LogP contribution >= 0.6 is 12.4 Å². The Labute approximate surface area is 36.4 Å². The Morgan fingerprint density at radius 2 is 1.00 bits per heavy atom. The van der Waals surface area contributed by atoms with E-state index in [4.69, 9.17) is 0 Å². The second kappa shape index (κ2) is 107. The van der Waals surface area contributed by atoms with Crippen molar-refractivity contribution in [1.82, 2.24) is 0 Å². The summed E-state index contributed by atoms with van der Waals surface area (Å²) in [5.74, 6) is 0. The van der Waals surface area contributed by atoms with Crippen LogP contribution in [0.4, 0.5) is 4.70 Å². The van der Waals surface area contributed by atoms with Gasteiger partial charge in [-0.2, -0.15) is 0 Å². The van der Waals surface area contributed by atoms with Crippen molar-refractivity contribution in [3.8, 4) is 0 Å². The molecule has 0 atom stereocenters. The van der Waals surface area contributed by atoms with E-state index in [2.05, 4.69) is 0 Å². The molecule has 0 radical (unpaired) electrons. The molecule has 0 aliphatic carbocycles. The van der Waals surface area contributed by atoms with Gasteiger partial charge in [0, 0.05) is 0 Å². The van der Waals surface area contributed by atoms with Crippen LogP contribution in [0.3, 0.4) is 0 Å². The molecule has 0 aliphatic heterocycles. The maximum atomic E-state index is 0. The zero-order valence-corrected chi connectivity index (χ0v) is 1.63. The normalized spacial score (nSPS) is 0. The SMILES string of the molecule is C.Cl.F.[SiH4]. The van der Waals surface area contributed by atoms with Crippen LogP contribution in [0.15, 0.2) is 0 Å². The second-order valence-corrected chi connectivity index (χ2v) is 0.